The Morgan fingerprint density at radius 3 is 2.70 bits per heavy atom. The third-order valence-electron chi connectivity index (χ3n) is 5.18. The molecule has 2 amide bonds. The van der Waals surface area contributed by atoms with Crippen LogP contribution in [0.3, 0.4) is 0 Å². The van der Waals surface area contributed by atoms with Crippen molar-refractivity contribution in [3.8, 4) is 5.75 Å². The smallest absolute Gasteiger partial charge is 0.287 e. The maximum absolute atomic E-state index is 12.6. The lowest BCUT2D eigenvalue weighted by atomic mass is 9.93. The zero-order valence-electron chi connectivity index (χ0n) is 18.0. The number of benzene rings is 1. The van der Waals surface area contributed by atoms with Gasteiger partial charge in [-0.25, -0.2) is 5.43 Å². The summed E-state index contributed by atoms with van der Waals surface area (Å²) in [6.07, 6.45) is 3.20. The average Bonchev–Trinajstić information content (AvgIpc) is 3.09. The third-order valence-corrected chi connectivity index (χ3v) is 5.18. The molecular weight excluding hydrogens is 382 g/mol. The minimum Gasteiger partial charge on any atom is -0.496 e. The molecule has 0 aliphatic heterocycles. The second-order valence-electron chi connectivity index (χ2n) is 7.85. The molecule has 1 aliphatic carbocycles. The largest absolute Gasteiger partial charge is 0.496 e. The summed E-state index contributed by atoms with van der Waals surface area (Å²) in [5.74, 6) is 1.52. The molecule has 2 aromatic rings. The molecule has 30 heavy (non-hydrogen) atoms. The van der Waals surface area contributed by atoms with E-state index in [1.54, 1.807) is 24.3 Å². The second kappa shape index (κ2) is 9.61. The summed E-state index contributed by atoms with van der Waals surface area (Å²) in [5, 5.41) is 7.29. The quantitative estimate of drug-likeness (QED) is 0.677. The zero-order valence-corrected chi connectivity index (χ0v) is 18.0. The molecule has 7 heteroatoms. The van der Waals surface area contributed by atoms with E-state index >= 15 is 0 Å². The van der Waals surface area contributed by atoms with Gasteiger partial charge in [-0.2, -0.15) is 5.10 Å². The zero-order chi connectivity index (χ0) is 21.7. The number of amides is 2. The van der Waals surface area contributed by atoms with Crippen LogP contribution in [0.25, 0.3) is 0 Å². The van der Waals surface area contributed by atoms with Crippen molar-refractivity contribution in [3.63, 3.8) is 0 Å². The topological polar surface area (TPSA) is 92.9 Å². The first-order valence-corrected chi connectivity index (χ1v) is 10.3. The van der Waals surface area contributed by atoms with E-state index in [-0.39, 0.29) is 11.8 Å². The number of carbonyl (C=O) groups is 2. The number of para-hydroxylation sites is 1. The van der Waals surface area contributed by atoms with Gasteiger partial charge in [0.1, 0.15) is 11.5 Å². The predicted octanol–water partition coefficient (Wildman–Crippen LogP) is 3.84. The average molecular weight is 412 g/mol. The summed E-state index contributed by atoms with van der Waals surface area (Å²) in [6, 6.07) is 6.99. The highest BCUT2D eigenvalue weighted by Gasteiger charge is 2.28. The normalized spacial score (nSPS) is 14.5. The van der Waals surface area contributed by atoms with Crippen LogP contribution in [0.4, 0.5) is 0 Å². The Kier molecular flexibility index (Phi) is 6.92. The molecule has 0 atom stereocenters. The van der Waals surface area contributed by atoms with Crippen molar-refractivity contribution in [1.29, 1.82) is 0 Å². The minimum absolute atomic E-state index is 0.208. The van der Waals surface area contributed by atoms with Crippen molar-refractivity contribution in [1.82, 2.24) is 10.7 Å². The number of furan rings is 1. The Morgan fingerprint density at radius 1 is 1.20 bits per heavy atom. The van der Waals surface area contributed by atoms with Crippen LogP contribution in [0, 0.1) is 12.8 Å². The number of nitrogens with zero attached hydrogens (tertiary/aromatic N) is 1. The molecule has 0 saturated heterocycles. The lowest BCUT2D eigenvalue weighted by Crippen LogP contribution is -2.25. The molecule has 0 unspecified atom stereocenters. The fraction of sp³-hybridized carbons (Fsp3) is 0.435. The van der Waals surface area contributed by atoms with Crippen LogP contribution < -0.4 is 15.5 Å². The van der Waals surface area contributed by atoms with Crippen molar-refractivity contribution in [2.75, 3.05) is 13.7 Å². The van der Waals surface area contributed by atoms with Gasteiger partial charge in [0.05, 0.1) is 18.4 Å². The molecule has 3 rings (SSSR count). The maximum Gasteiger partial charge on any atom is 0.287 e. The number of aryl methyl sites for hydroxylation is 1. The molecule has 0 radical (unpaired) electrons. The second-order valence-corrected chi connectivity index (χ2v) is 7.85. The molecule has 0 fully saturated rings. The first-order chi connectivity index (χ1) is 14.4. The van der Waals surface area contributed by atoms with Crippen molar-refractivity contribution < 1.29 is 18.7 Å². The summed E-state index contributed by atoms with van der Waals surface area (Å²) in [4.78, 5) is 25.1. The number of hydrazone groups is 1. The molecule has 0 spiro atoms. The van der Waals surface area contributed by atoms with Gasteiger partial charge in [0.25, 0.3) is 11.8 Å². The summed E-state index contributed by atoms with van der Waals surface area (Å²) >= 11 is 0. The predicted molar refractivity (Wildman–Crippen MR) is 115 cm³/mol. The van der Waals surface area contributed by atoms with Gasteiger partial charge in [0.2, 0.25) is 0 Å². The van der Waals surface area contributed by atoms with E-state index in [1.165, 1.54) is 7.11 Å². The van der Waals surface area contributed by atoms with E-state index in [0.29, 0.717) is 36.0 Å². The number of carbonyl (C=O) groups excluding carboxylic acids is 2. The van der Waals surface area contributed by atoms with Crippen LogP contribution in [-0.4, -0.2) is 31.2 Å². The first kappa shape index (κ1) is 21.6. The Balaban J connectivity index is 1.79. The van der Waals surface area contributed by atoms with Crippen LogP contribution in [0.15, 0.2) is 33.8 Å². The molecule has 1 heterocycles. The van der Waals surface area contributed by atoms with E-state index in [4.69, 9.17) is 9.15 Å². The van der Waals surface area contributed by atoms with Crippen LogP contribution in [0.2, 0.25) is 0 Å². The van der Waals surface area contributed by atoms with Crippen LogP contribution in [0.5, 0.6) is 5.75 Å². The number of rotatable bonds is 7. The molecule has 1 aromatic heterocycles. The number of ether oxygens (including phenoxy) is 1. The minimum atomic E-state index is -0.347. The van der Waals surface area contributed by atoms with Gasteiger partial charge in [-0.1, -0.05) is 26.0 Å². The number of fused-ring (bicyclic) bond motifs is 1. The van der Waals surface area contributed by atoms with Gasteiger partial charge in [-0.15, -0.1) is 0 Å². The van der Waals surface area contributed by atoms with E-state index in [9.17, 15) is 9.59 Å². The summed E-state index contributed by atoms with van der Waals surface area (Å²) in [7, 11) is 1.52. The Morgan fingerprint density at radius 2 is 1.97 bits per heavy atom. The van der Waals surface area contributed by atoms with Crippen LogP contribution in [0.1, 0.15) is 70.9 Å². The standard InChI is InChI=1S/C23H29N3O4/c1-14(2)12-13-24-23(28)21-15(3)20-17(9-7-11-19(20)30-21)25-26-22(27)16-8-5-6-10-18(16)29-4/h5-6,8,10,14H,7,9,11-13H2,1-4H3,(H,24,28)(H,26,27)/b25-17+. The van der Waals surface area contributed by atoms with Crippen molar-refractivity contribution in [2.45, 2.75) is 46.5 Å². The van der Waals surface area contributed by atoms with Crippen molar-refractivity contribution in [2.24, 2.45) is 11.0 Å². The van der Waals surface area contributed by atoms with E-state index < -0.39 is 0 Å². The number of methoxy groups -OCH3 is 1. The number of nitrogens with one attached hydrogen (secondary N) is 2. The van der Waals surface area contributed by atoms with Gasteiger partial charge < -0.3 is 14.5 Å². The molecule has 1 aromatic carbocycles. The first-order valence-electron chi connectivity index (χ1n) is 10.3. The van der Waals surface area contributed by atoms with E-state index in [0.717, 1.165) is 41.9 Å². The fourth-order valence-electron chi connectivity index (χ4n) is 3.56. The third kappa shape index (κ3) is 4.72. The Labute approximate surface area is 176 Å². The monoisotopic (exact) mass is 411 g/mol. The molecule has 0 bridgehead atoms. The van der Waals surface area contributed by atoms with E-state index in [1.807, 2.05) is 6.92 Å². The van der Waals surface area contributed by atoms with Gasteiger partial charge in [0.15, 0.2) is 5.76 Å². The molecule has 7 nitrogen and oxygen atoms in total. The van der Waals surface area contributed by atoms with Crippen molar-refractivity contribution in [3.05, 3.63) is 52.5 Å². The SMILES string of the molecule is COc1ccccc1C(=O)N/N=C1\CCCc2oc(C(=O)NCCC(C)C)c(C)c21. The number of hydrogen-bond donors (Lipinski definition) is 2. The highest BCUT2D eigenvalue weighted by atomic mass is 16.5. The molecule has 2 N–H and O–H groups in total. The van der Waals surface area contributed by atoms with Gasteiger partial charge in [-0.05, 0) is 44.2 Å². The lowest BCUT2D eigenvalue weighted by Gasteiger charge is -2.14. The Hall–Kier alpha value is -3.09. The maximum atomic E-state index is 12.6. The summed E-state index contributed by atoms with van der Waals surface area (Å²) in [5.41, 5.74) is 5.35. The lowest BCUT2D eigenvalue weighted by molar-refractivity contribution is 0.0919. The summed E-state index contributed by atoms with van der Waals surface area (Å²) < 4.78 is 11.1. The molecule has 0 saturated carbocycles. The molecule has 160 valence electrons. The van der Waals surface area contributed by atoms with Crippen LogP contribution >= 0.6 is 0 Å². The highest BCUT2D eigenvalue weighted by Crippen LogP contribution is 2.30. The van der Waals surface area contributed by atoms with Crippen LogP contribution in [-0.2, 0) is 6.42 Å². The van der Waals surface area contributed by atoms with Gasteiger partial charge in [0, 0.05) is 24.1 Å². The fourth-order valence-corrected chi connectivity index (χ4v) is 3.56. The molecular formula is C23H29N3O4. The molecule has 1 aliphatic rings. The number of hydrogen-bond acceptors (Lipinski definition) is 5. The van der Waals surface area contributed by atoms with E-state index in [2.05, 4.69) is 29.7 Å². The Bertz CT molecular complexity index is 959. The van der Waals surface area contributed by atoms with Gasteiger partial charge >= 0.3 is 0 Å². The summed E-state index contributed by atoms with van der Waals surface area (Å²) in [6.45, 7) is 6.70. The highest BCUT2D eigenvalue weighted by molar-refractivity contribution is 6.07. The van der Waals surface area contributed by atoms with Crippen molar-refractivity contribution >= 4 is 17.5 Å². The van der Waals surface area contributed by atoms with Gasteiger partial charge in [-0.3, -0.25) is 9.59 Å².